The molecule has 0 aliphatic carbocycles. The molecule has 0 aliphatic rings. The number of nitrogens with one attached hydrogen (secondary N) is 1. The summed E-state index contributed by atoms with van der Waals surface area (Å²) in [6.45, 7) is 4.78. The van der Waals surface area contributed by atoms with Crippen molar-refractivity contribution in [2.75, 3.05) is 11.9 Å². The average molecular weight is 494 g/mol. The molecule has 0 unspecified atom stereocenters. The number of aromatic nitrogens is 1. The van der Waals surface area contributed by atoms with Crippen molar-refractivity contribution < 1.29 is 8.81 Å². The van der Waals surface area contributed by atoms with Crippen molar-refractivity contribution in [3.8, 4) is 11.5 Å². The summed E-state index contributed by atoms with van der Waals surface area (Å²) in [6.07, 6.45) is 2.18. The van der Waals surface area contributed by atoms with Gasteiger partial charge in [-0.3, -0.25) is 4.99 Å². The van der Waals surface area contributed by atoms with Gasteiger partial charge >= 0.3 is 0 Å². The molecular weight excluding hydrogens is 470 g/mol. The SMILES string of the molecule is CC(C)c1cccc(NC(N)=NCCc2coc(-c3ccc(F)cc3)n2)c1.I. The highest BCUT2D eigenvalue weighted by Gasteiger charge is 2.07. The standard InChI is InChI=1S/C21H23FN4O.HI/c1-14(2)16-4-3-5-18(12-16)26-21(23)24-11-10-19-13-27-20(25-19)15-6-8-17(22)9-7-15;/h3-9,12-14H,10-11H2,1-2H3,(H3,23,24,26);1H. The minimum atomic E-state index is -0.290. The van der Waals surface area contributed by atoms with Crippen LogP contribution >= 0.6 is 24.0 Å². The van der Waals surface area contributed by atoms with Crippen LogP contribution < -0.4 is 11.1 Å². The number of halogens is 2. The summed E-state index contributed by atoms with van der Waals surface area (Å²) >= 11 is 0. The molecule has 1 heterocycles. The minimum absolute atomic E-state index is 0. The van der Waals surface area contributed by atoms with Crippen LogP contribution in [-0.2, 0) is 6.42 Å². The van der Waals surface area contributed by atoms with Crippen molar-refractivity contribution in [1.29, 1.82) is 0 Å². The zero-order valence-corrected chi connectivity index (χ0v) is 18.2. The Labute approximate surface area is 181 Å². The molecule has 0 saturated heterocycles. The molecule has 1 aromatic heterocycles. The van der Waals surface area contributed by atoms with Crippen molar-refractivity contribution in [2.45, 2.75) is 26.2 Å². The van der Waals surface area contributed by atoms with Gasteiger partial charge in [0.15, 0.2) is 5.96 Å². The van der Waals surface area contributed by atoms with Crippen LogP contribution in [0, 0.1) is 5.82 Å². The Kier molecular flexibility index (Phi) is 7.98. The highest BCUT2D eigenvalue weighted by atomic mass is 127. The minimum Gasteiger partial charge on any atom is -0.444 e. The van der Waals surface area contributed by atoms with E-state index in [1.54, 1.807) is 18.4 Å². The second-order valence-corrected chi connectivity index (χ2v) is 6.57. The van der Waals surface area contributed by atoms with E-state index in [0.29, 0.717) is 30.7 Å². The molecule has 0 spiro atoms. The van der Waals surface area contributed by atoms with Crippen molar-refractivity contribution in [3.05, 3.63) is 71.9 Å². The van der Waals surface area contributed by atoms with Gasteiger partial charge in [-0.2, -0.15) is 0 Å². The Morgan fingerprint density at radius 2 is 1.96 bits per heavy atom. The van der Waals surface area contributed by atoms with Crippen LogP contribution in [0.1, 0.15) is 31.0 Å². The normalized spacial score (nSPS) is 11.4. The Morgan fingerprint density at radius 3 is 2.68 bits per heavy atom. The maximum atomic E-state index is 13.0. The predicted octanol–water partition coefficient (Wildman–Crippen LogP) is 5.19. The van der Waals surface area contributed by atoms with Crippen molar-refractivity contribution in [1.82, 2.24) is 4.98 Å². The maximum Gasteiger partial charge on any atom is 0.226 e. The van der Waals surface area contributed by atoms with Crippen LogP contribution in [-0.4, -0.2) is 17.5 Å². The summed E-state index contributed by atoms with van der Waals surface area (Å²) in [4.78, 5) is 8.74. The lowest BCUT2D eigenvalue weighted by atomic mass is 10.0. The van der Waals surface area contributed by atoms with Crippen LogP contribution in [0.15, 0.2) is 64.2 Å². The van der Waals surface area contributed by atoms with Gasteiger partial charge in [0.2, 0.25) is 5.89 Å². The lowest BCUT2D eigenvalue weighted by molar-refractivity contribution is 0.572. The van der Waals surface area contributed by atoms with Gasteiger partial charge in [-0.15, -0.1) is 24.0 Å². The quantitative estimate of drug-likeness (QED) is 0.281. The molecular formula is C21H24FIN4O. The monoisotopic (exact) mass is 494 g/mol. The molecule has 0 aliphatic heterocycles. The van der Waals surface area contributed by atoms with E-state index >= 15 is 0 Å². The topological polar surface area (TPSA) is 76.4 Å². The Morgan fingerprint density at radius 1 is 1.21 bits per heavy atom. The fourth-order valence-electron chi connectivity index (χ4n) is 2.60. The molecule has 28 heavy (non-hydrogen) atoms. The maximum absolute atomic E-state index is 13.0. The first-order chi connectivity index (χ1) is 13.0. The number of nitrogens with two attached hydrogens (primary N) is 1. The van der Waals surface area contributed by atoms with E-state index < -0.39 is 0 Å². The Balaban J connectivity index is 0.00000280. The molecule has 5 nitrogen and oxygen atoms in total. The number of benzene rings is 2. The third-order valence-electron chi connectivity index (χ3n) is 4.12. The number of guanidine groups is 1. The molecule has 0 atom stereocenters. The number of hydrogen-bond donors (Lipinski definition) is 2. The molecule has 0 fully saturated rings. The van der Waals surface area contributed by atoms with Crippen molar-refractivity contribution in [3.63, 3.8) is 0 Å². The van der Waals surface area contributed by atoms with Gasteiger partial charge in [-0.1, -0.05) is 26.0 Å². The zero-order chi connectivity index (χ0) is 19.2. The van der Waals surface area contributed by atoms with Gasteiger partial charge in [-0.25, -0.2) is 9.37 Å². The van der Waals surface area contributed by atoms with Gasteiger partial charge in [0.25, 0.3) is 0 Å². The van der Waals surface area contributed by atoms with Gasteiger partial charge < -0.3 is 15.5 Å². The summed E-state index contributed by atoms with van der Waals surface area (Å²) in [5.74, 6) is 0.984. The van der Waals surface area contributed by atoms with Crippen LogP contribution in [0.25, 0.3) is 11.5 Å². The van der Waals surface area contributed by atoms with Crippen molar-refractivity contribution in [2.24, 2.45) is 10.7 Å². The predicted molar refractivity (Wildman–Crippen MR) is 122 cm³/mol. The van der Waals surface area contributed by atoms with E-state index in [1.165, 1.54) is 17.7 Å². The number of anilines is 1. The Hall–Kier alpha value is -2.42. The van der Waals surface area contributed by atoms with E-state index in [-0.39, 0.29) is 29.8 Å². The van der Waals surface area contributed by atoms with E-state index in [1.807, 2.05) is 12.1 Å². The molecule has 7 heteroatoms. The van der Waals surface area contributed by atoms with E-state index in [9.17, 15) is 4.39 Å². The molecule has 0 saturated carbocycles. The van der Waals surface area contributed by atoms with Crippen LogP contribution in [0.4, 0.5) is 10.1 Å². The number of aliphatic imine (C=N–C) groups is 1. The van der Waals surface area contributed by atoms with Crippen LogP contribution in [0.2, 0.25) is 0 Å². The molecule has 0 radical (unpaired) electrons. The molecule has 3 rings (SSSR count). The first kappa shape index (κ1) is 21.9. The summed E-state index contributed by atoms with van der Waals surface area (Å²) in [5, 5.41) is 3.11. The highest BCUT2D eigenvalue weighted by Crippen LogP contribution is 2.20. The Bertz CT molecular complexity index is 922. The largest absolute Gasteiger partial charge is 0.444 e. The third-order valence-corrected chi connectivity index (χ3v) is 4.12. The third kappa shape index (κ3) is 6.05. The van der Waals surface area contributed by atoms with E-state index in [4.69, 9.17) is 10.2 Å². The molecule has 0 bridgehead atoms. The number of oxazole rings is 1. The first-order valence-corrected chi connectivity index (χ1v) is 8.88. The summed E-state index contributed by atoms with van der Waals surface area (Å²) in [6, 6.07) is 14.1. The molecule has 3 aromatic rings. The fourth-order valence-corrected chi connectivity index (χ4v) is 2.60. The van der Waals surface area contributed by atoms with E-state index in [0.717, 1.165) is 16.9 Å². The lowest BCUT2D eigenvalue weighted by Gasteiger charge is -2.09. The smallest absolute Gasteiger partial charge is 0.226 e. The van der Waals surface area contributed by atoms with Crippen molar-refractivity contribution >= 4 is 35.6 Å². The first-order valence-electron chi connectivity index (χ1n) is 8.88. The molecule has 2 aromatic carbocycles. The second kappa shape index (κ2) is 10.2. The van der Waals surface area contributed by atoms with Gasteiger partial charge in [0, 0.05) is 24.2 Å². The molecule has 148 valence electrons. The van der Waals surface area contributed by atoms with Gasteiger partial charge in [-0.05, 0) is 47.9 Å². The molecule has 3 N–H and O–H groups in total. The average Bonchev–Trinajstić information content (AvgIpc) is 3.11. The number of nitrogens with zero attached hydrogens (tertiary/aromatic N) is 2. The van der Waals surface area contributed by atoms with Crippen LogP contribution in [0.3, 0.4) is 0 Å². The van der Waals surface area contributed by atoms with Gasteiger partial charge in [0.05, 0.1) is 5.69 Å². The fraction of sp³-hybridized carbons (Fsp3) is 0.238. The van der Waals surface area contributed by atoms with E-state index in [2.05, 4.69) is 41.3 Å². The number of rotatable bonds is 6. The summed E-state index contributed by atoms with van der Waals surface area (Å²) in [5.41, 5.74) is 9.63. The summed E-state index contributed by atoms with van der Waals surface area (Å²) in [7, 11) is 0. The van der Waals surface area contributed by atoms with Crippen LogP contribution in [0.5, 0.6) is 0 Å². The lowest BCUT2D eigenvalue weighted by Crippen LogP contribution is -2.23. The number of hydrogen-bond acceptors (Lipinski definition) is 3. The highest BCUT2D eigenvalue weighted by molar-refractivity contribution is 14.0. The molecule has 0 amide bonds. The zero-order valence-electron chi connectivity index (χ0n) is 15.9. The second-order valence-electron chi connectivity index (χ2n) is 6.57. The summed E-state index contributed by atoms with van der Waals surface area (Å²) < 4.78 is 18.4. The van der Waals surface area contributed by atoms with Gasteiger partial charge in [0.1, 0.15) is 12.1 Å².